The van der Waals surface area contributed by atoms with E-state index in [1.54, 1.807) is 11.3 Å². The fourth-order valence-corrected chi connectivity index (χ4v) is 3.08. The highest BCUT2D eigenvalue weighted by atomic mass is 32.1. The number of ether oxygens (including phenoxy) is 1. The van der Waals surface area contributed by atoms with Gasteiger partial charge in [-0.1, -0.05) is 27.7 Å². The first kappa shape index (κ1) is 17.5. The zero-order valence-electron chi connectivity index (χ0n) is 12.7. The molecule has 20 heavy (non-hydrogen) atoms. The molecule has 0 aliphatic rings. The van der Waals surface area contributed by atoms with Crippen LogP contribution in [-0.2, 0) is 10.2 Å². The summed E-state index contributed by atoms with van der Waals surface area (Å²) in [5, 5.41) is 3.39. The first-order valence-corrected chi connectivity index (χ1v) is 7.85. The van der Waals surface area contributed by atoms with Gasteiger partial charge in [-0.25, -0.2) is 8.78 Å². The van der Waals surface area contributed by atoms with Gasteiger partial charge in [-0.3, -0.25) is 0 Å². The summed E-state index contributed by atoms with van der Waals surface area (Å²) in [6.45, 7) is 9.35. The monoisotopic (exact) mass is 305 g/mol. The molecule has 0 amide bonds. The molecule has 1 rings (SSSR count). The molecular formula is C15H25F2NOS. The summed E-state index contributed by atoms with van der Waals surface area (Å²) < 4.78 is 29.0. The van der Waals surface area contributed by atoms with E-state index in [1.165, 1.54) is 9.75 Å². The van der Waals surface area contributed by atoms with Crippen molar-refractivity contribution in [2.24, 2.45) is 0 Å². The van der Waals surface area contributed by atoms with E-state index in [-0.39, 0.29) is 11.5 Å². The molecule has 0 aromatic carbocycles. The number of halogens is 2. The Labute approximate surface area is 124 Å². The molecule has 0 saturated heterocycles. The van der Waals surface area contributed by atoms with Gasteiger partial charge < -0.3 is 10.1 Å². The first-order valence-electron chi connectivity index (χ1n) is 7.04. The third kappa shape index (κ3) is 5.85. The van der Waals surface area contributed by atoms with Crippen LogP contribution in [-0.4, -0.2) is 26.2 Å². The number of thiophene rings is 1. The van der Waals surface area contributed by atoms with Crippen LogP contribution in [0.5, 0.6) is 0 Å². The summed E-state index contributed by atoms with van der Waals surface area (Å²) in [5.74, 6) is 0. The van der Waals surface area contributed by atoms with Gasteiger partial charge in [0.25, 0.3) is 6.43 Å². The van der Waals surface area contributed by atoms with E-state index in [1.807, 2.05) is 6.92 Å². The Kier molecular flexibility index (Phi) is 7.06. The smallest absolute Gasteiger partial charge is 0.261 e. The highest BCUT2D eigenvalue weighted by molar-refractivity contribution is 7.12. The molecule has 1 aromatic rings. The summed E-state index contributed by atoms with van der Waals surface area (Å²) in [4.78, 5) is 2.58. The van der Waals surface area contributed by atoms with Crippen molar-refractivity contribution in [1.82, 2.24) is 5.32 Å². The van der Waals surface area contributed by atoms with Crippen molar-refractivity contribution in [3.8, 4) is 0 Å². The van der Waals surface area contributed by atoms with Crippen molar-refractivity contribution in [2.45, 2.75) is 52.0 Å². The van der Waals surface area contributed by atoms with Gasteiger partial charge in [0.1, 0.15) is 6.61 Å². The number of alkyl halides is 2. The van der Waals surface area contributed by atoms with E-state index in [4.69, 9.17) is 4.74 Å². The van der Waals surface area contributed by atoms with Gasteiger partial charge in [-0.2, -0.15) is 0 Å². The quantitative estimate of drug-likeness (QED) is 0.720. The van der Waals surface area contributed by atoms with Crippen molar-refractivity contribution in [3.05, 3.63) is 21.9 Å². The van der Waals surface area contributed by atoms with Gasteiger partial charge in [0.2, 0.25) is 0 Å². The lowest BCUT2D eigenvalue weighted by molar-refractivity contribution is 0.0145. The Balaban J connectivity index is 2.59. The zero-order chi connectivity index (χ0) is 15.2. The summed E-state index contributed by atoms with van der Waals surface area (Å²) in [6, 6.07) is 4.47. The molecule has 0 fully saturated rings. The minimum absolute atomic E-state index is 0.145. The average Bonchev–Trinajstić information content (AvgIpc) is 2.82. The molecule has 1 heterocycles. The number of hydrogen-bond donors (Lipinski definition) is 1. The largest absolute Gasteiger partial charge is 0.375 e. The molecule has 1 aromatic heterocycles. The van der Waals surface area contributed by atoms with E-state index in [0.717, 1.165) is 6.54 Å². The van der Waals surface area contributed by atoms with Crippen LogP contribution in [0.3, 0.4) is 0 Å². The molecule has 0 aliphatic heterocycles. The Morgan fingerprint density at radius 1 is 1.30 bits per heavy atom. The maximum absolute atomic E-state index is 12.0. The highest BCUT2D eigenvalue weighted by Crippen LogP contribution is 2.33. The Bertz CT molecular complexity index is 387. The lowest BCUT2D eigenvalue weighted by Gasteiger charge is -2.18. The SMILES string of the molecule is CCNC(CCOCC(F)F)c1ccc(C(C)(C)C)s1. The number of hydrogen-bond acceptors (Lipinski definition) is 3. The van der Waals surface area contributed by atoms with E-state index in [9.17, 15) is 8.78 Å². The molecule has 116 valence electrons. The molecule has 1 unspecified atom stereocenters. The molecule has 1 atom stereocenters. The molecular weight excluding hydrogens is 280 g/mol. The second kappa shape index (κ2) is 8.05. The summed E-state index contributed by atoms with van der Waals surface area (Å²) in [6.07, 6.45) is -1.67. The Morgan fingerprint density at radius 3 is 2.50 bits per heavy atom. The summed E-state index contributed by atoms with van der Waals surface area (Å²) in [7, 11) is 0. The maximum Gasteiger partial charge on any atom is 0.261 e. The zero-order valence-corrected chi connectivity index (χ0v) is 13.5. The Morgan fingerprint density at radius 2 is 2.00 bits per heavy atom. The first-order chi connectivity index (χ1) is 9.34. The fourth-order valence-electron chi connectivity index (χ4n) is 1.91. The molecule has 0 bridgehead atoms. The minimum Gasteiger partial charge on any atom is -0.375 e. The van der Waals surface area contributed by atoms with Gasteiger partial charge in [-0.15, -0.1) is 11.3 Å². The van der Waals surface area contributed by atoms with Gasteiger partial charge in [0, 0.05) is 22.4 Å². The topological polar surface area (TPSA) is 21.3 Å². The van der Waals surface area contributed by atoms with Crippen LogP contribution in [0.4, 0.5) is 8.78 Å². The van der Waals surface area contributed by atoms with Crippen LogP contribution in [0, 0.1) is 0 Å². The van der Waals surface area contributed by atoms with Gasteiger partial charge in [0.05, 0.1) is 0 Å². The van der Waals surface area contributed by atoms with E-state index in [0.29, 0.717) is 13.0 Å². The highest BCUT2D eigenvalue weighted by Gasteiger charge is 2.19. The van der Waals surface area contributed by atoms with Crippen LogP contribution in [0.1, 0.15) is 49.9 Å². The van der Waals surface area contributed by atoms with E-state index in [2.05, 4.69) is 38.2 Å². The van der Waals surface area contributed by atoms with Crippen LogP contribution in [0.2, 0.25) is 0 Å². The average molecular weight is 305 g/mol. The predicted octanol–water partition coefficient (Wildman–Crippen LogP) is 4.37. The number of nitrogens with one attached hydrogen (secondary N) is 1. The van der Waals surface area contributed by atoms with Crippen molar-refractivity contribution >= 4 is 11.3 Å². The van der Waals surface area contributed by atoms with Gasteiger partial charge in [-0.05, 0) is 30.5 Å². The number of rotatable bonds is 8. The predicted molar refractivity (Wildman–Crippen MR) is 80.9 cm³/mol. The molecule has 0 radical (unpaired) electrons. The normalized spacial score (nSPS) is 13.9. The lowest BCUT2D eigenvalue weighted by Crippen LogP contribution is -2.22. The summed E-state index contributed by atoms with van der Waals surface area (Å²) in [5.41, 5.74) is 0.145. The molecule has 1 N–H and O–H groups in total. The van der Waals surface area contributed by atoms with Crippen LogP contribution < -0.4 is 5.32 Å². The lowest BCUT2D eigenvalue weighted by atomic mass is 9.95. The van der Waals surface area contributed by atoms with Crippen molar-refractivity contribution in [1.29, 1.82) is 0 Å². The molecule has 0 spiro atoms. The maximum atomic E-state index is 12.0. The van der Waals surface area contributed by atoms with Crippen molar-refractivity contribution in [2.75, 3.05) is 19.8 Å². The third-order valence-corrected chi connectivity index (χ3v) is 4.58. The van der Waals surface area contributed by atoms with Crippen LogP contribution in [0.25, 0.3) is 0 Å². The minimum atomic E-state index is -2.39. The second-order valence-electron chi connectivity index (χ2n) is 5.82. The molecule has 0 aliphatic carbocycles. The molecule has 2 nitrogen and oxygen atoms in total. The molecule has 0 saturated carbocycles. The van der Waals surface area contributed by atoms with Gasteiger partial charge >= 0.3 is 0 Å². The second-order valence-corrected chi connectivity index (χ2v) is 6.93. The van der Waals surface area contributed by atoms with E-state index < -0.39 is 13.0 Å². The molecule has 5 heteroatoms. The summed E-state index contributed by atoms with van der Waals surface area (Å²) >= 11 is 1.79. The van der Waals surface area contributed by atoms with Crippen LogP contribution >= 0.6 is 11.3 Å². The van der Waals surface area contributed by atoms with Gasteiger partial charge in [0.15, 0.2) is 0 Å². The fraction of sp³-hybridized carbons (Fsp3) is 0.733. The Hall–Kier alpha value is -0.520. The standard InChI is InChI=1S/C15H25F2NOS/c1-5-18-11(8-9-19-10-14(16)17)12-6-7-13(20-12)15(2,3)4/h6-7,11,14,18H,5,8-10H2,1-4H3. The van der Waals surface area contributed by atoms with E-state index >= 15 is 0 Å². The van der Waals surface area contributed by atoms with Crippen molar-refractivity contribution in [3.63, 3.8) is 0 Å². The third-order valence-electron chi connectivity index (χ3n) is 2.95. The van der Waals surface area contributed by atoms with Crippen molar-refractivity contribution < 1.29 is 13.5 Å². The van der Waals surface area contributed by atoms with Crippen LogP contribution in [0.15, 0.2) is 12.1 Å².